The minimum absolute atomic E-state index is 0.201. The van der Waals surface area contributed by atoms with Gasteiger partial charge in [-0.3, -0.25) is 4.79 Å². The van der Waals surface area contributed by atoms with E-state index in [1.54, 1.807) is 18.2 Å². The third kappa shape index (κ3) is 5.94. The number of rotatable bonds is 10. The van der Waals surface area contributed by atoms with Crippen LogP contribution >= 0.6 is 11.3 Å². The van der Waals surface area contributed by atoms with E-state index in [0.717, 1.165) is 40.2 Å². The fraction of sp³-hybridized carbons (Fsp3) is 0.417. The van der Waals surface area contributed by atoms with Gasteiger partial charge in [-0.2, -0.15) is 8.78 Å². The first-order chi connectivity index (χ1) is 15.2. The second-order valence-corrected chi connectivity index (χ2v) is 9.26. The molecule has 32 heavy (non-hydrogen) atoms. The standard InChI is InChI=1S/C24H27F2NO4S/c1-16-9-10-17(14-20(16)28)6-3-2-4-7-18-15-24(25,26)23(31)27(18)13-5-8-19-11-12-21(32-19)22(29)30/h4,7,9-12,14,18,28H,2-3,5-6,8,13,15H2,1H3,(H,29,30). The highest BCUT2D eigenvalue weighted by atomic mass is 32.1. The third-order valence-corrected chi connectivity index (χ3v) is 6.74. The Morgan fingerprint density at radius 2 is 2.03 bits per heavy atom. The number of unbranched alkanes of at least 4 members (excludes halogenated alkanes) is 1. The number of allylic oxidation sites excluding steroid dienone is 1. The van der Waals surface area contributed by atoms with Crippen LogP contribution in [-0.2, 0) is 17.6 Å². The molecule has 1 amide bonds. The van der Waals surface area contributed by atoms with E-state index in [1.807, 2.05) is 25.1 Å². The number of aromatic hydroxyl groups is 1. The Bertz CT molecular complexity index is 1000. The van der Waals surface area contributed by atoms with Gasteiger partial charge in [-0.15, -0.1) is 11.3 Å². The Morgan fingerprint density at radius 3 is 2.72 bits per heavy atom. The molecular formula is C24H27F2NO4S. The van der Waals surface area contributed by atoms with E-state index in [9.17, 15) is 23.5 Å². The van der Waals surface area contributed by atoms with Gasteiger partial charge in [-0.05, 0) is 68.4 Å². The molecule has 3 rings (SSSR count). The van der Waals surface area contributed by atoms with E-state index in [4.69, 9.17) is 5.11 Å². The molecule has 0 spiro atoms. The number of phenolic OH excluding ortho intramolecular Hbond substituents is 1. The molecule has 1 aliphatic heterocycles. The number of carbonyl (C=O) groups is 2. The van der Waals surface area contributed by atoms with Crippen LogP contribution in [0.15, 0.2) is 42.5 Å². The van der Waals surface area contributed by atoms with Crippen molar-refractivity contribution in [2.75, 3.05) is 6.54 Å². The second-order valence-electron chi connectivity index (χ2n) is 8.09. The van der Waals surface area contributed by atoms with E-state index in [-0.39, 0.29) is 17.2 Å². The summed E-state index contributed by atoms with van der Waals surface area (Å²) in [6.45, 7) is 2.03. The summed E-state index contributed by atoms with van der Waals surface area (Å²) in [7, 11) is 0. The molecule has 2 heterocycles. The van der Waals surface area contributed by atoms with Crippen molar-refractivity contribution >= 4 is 23.2 Å². The van der Waals surface area contributed by atoms with Crippen LogP contribution in [0.2, 0.25) is 0 Å². The van der Waals surface area contributed by atoms with Crippen molar-refractivity contribution in [2.45, 2.75) is 57.4 Å². The van der Waals surface area contributed by atoms with E-state index in [2.05, 4.69) is 0 Å². The van der Waals surface area contributed by atoms with Gasteiger partial charge in [-0.1, -0.05) is 24.3 Å². The molecule has 2 N–H and O–H groups in total. The molecule has 1 saturated heterocycles. The Hall–Kier alpha value is -2.74. The van der Waals surface area contributed by atoms with Crippen molar-refractivity contribution in [1.82, 2.24) is 4.90 Å². The smallest absolute Gasteiger partial charge is 0.345 e. The average molecular weight is 464 g/mol. The number of halogens is 2. The van der Waals surface area contributed by atoms with Crippen molar-refractivity contribution < 1.29 is 28.6 Å². The van der Waals surface area contributed by atoms with Crippen molar-refractivity contribution in [1.29, 1.82) is 0 Å². The van der Waals surface area contributed by atoms with Crippen molar-refractivity contribution in [2.24, 2.45) is 0 Å². The van der Waals surface area contributed by atoms with Gasteiger partial charge in [0.25, 0.3) is 5.91 Å². The Kier molecular flexibility index (Phi) is 7.66. The number of hydrogen-bond donors (Lipinski definition) is 2. The molecule has 1 aliphatic rings. The number of aromatic carboxylic acids is 1. The average Bonchev–Trinajstić information content (AvgIpc) is 3.29. The van der Waals surface area contributed by atoms with Gasteiger partial charge in [0.15, 0.2) is 0 Å². The number of hydrogen-bond acceptors (Lipinski definition) is 4. The molecule has 5 nitrogen and oxygen atoms in total. The Balaban J connectivity index is 1.50. The van der Waals surface area contributed by atoms with Gasteiger partial charge in [0.2, 0.25) is 0 Å². The maximum atomic E-state index is 14.0. The summed E-state index contributed by atoms with van der Waals surface area (Å²) < 4.78 is 28.1. The fourth-order valence-electron chi connectivity index (χ4n) is 3.80. The minimum atomic E-state index is -3.35. The van der Waals surface area contributed by atoms with Crippen LogP contribution in [0, 0.1) is 6.92 Å². The van der Waals surface area contributed by atoms with Gasteiger partial charge in [0, 0.05) is 17.8 Å². The highest BCUT2D eigenvalue weighted by Crippen LogP contribution is 2.34. The van der Waals surface area contributed by atoms with E-state index < -0.39 is 30.3 Å². The molecular weight excluding hydrogens is 436 g/mol. The molecule has 0 radical (unpaired) electrons. The van der Waals surface area contributed by atoms with Crippen LogP contribution in [-0.4, -0.2) is 45.5 Å². The molecule has 1 aromatic heterocycles. The first-order valence-electron chi connectivity index (χ1n) is 10.6. The van der Waals surface area contributed by atoms with E-state index >= 15 is 0 Å². The molecule has 172 valence electrons. The molecule has 2 aromatic rings. The second kappa shape index (κ2) is 10.3. The number of carbonyl (C=O) groups excluding carboxylic acids is 1. The lowest BCUT2D eigenvalue weighted by Crippen LogP contribution is -2.36. The molecule has 8 heteroatoms. The zero-order chi connectivity index (χ0) is 23.3. The van der Waals surface area contributed by atoms with Crippen LogP contribution in [0.25, 0.3) is 0 Å². The van der Waals surface area contributed by atoms with Gasteiger partial charge < -0.3 is 15.1 Å². The maximum Gasteiger partial charge on any atom is 0.345 e. The number of carboxylic acid groups (broad SMARTS) is 1. The SMILES string of the molecule is Cc1ccc(CCCC=CC2CC(F)(F)C(=O)N2CCCc2ccc(C(=O)O)s2)cc1O. The predicted octanol–water partition coefficient (Wildman–Crippen LogP) is 5.21. The van der Waals surface area contributed by atoms with Crippen LogP contribution in [0.4, 0.5) is 8.78 Å². The summed E-state index contributed by atoms with van der Waals surface area (Å²) in [5.41, 5.74) is 1.84. The summed E-state index contributed by atoms with van der Waals surface area (Å²) in [6, 6.07) is 8.18. The summed E-state index contributed by atoms with van der Waals surface area (Å²) in [5.74, 6) is -5.21. The maximum absolute atomic E-state index is 14.0. The monoisotopic (exact) mass is 463 g/mol. The summed E-state index contributed by atoms with van der Waals surface area (Å²) in [6.07, 6.45) is 6.30. The lowest BCUT2D eigenvalue weighted by atomic mass is 10.0. The molecule has 1 atom stereocenters. The molecule has 0 saturated carbocycles. The number of benzene rings is 1. The molecule has 0 bridgehead atoms. The lowest BCUT2D eigenvalue weighted by molar-refractivity contribution is -0.148. The molecule has 1 unspecified atom stereocenters. The number of alkyl halides is 2. The van der Waals surface area contributed by atoms with Crippen LogP contribution in [0.3, 0.4) is 0 Å². The first-order valence-corrected chi connectivity index (χ1v) is 11.4. The topological polar surface area (TPSA) is 77.8 Å². The van der Waals surface area contributed by atoms with E-state index in [0.29, 0.717) is 19.3 Å². The zero-order valence-electron chi connectivity index (χ0n) is 17.9. The minimum Gasteiger partial charge on any atom is -0.508 e. The zero-order valence-corrected chi connectivity index (χ0v) is 18.7. The molecule has 0 aliphatic carbocycles. The van der Waals surface area contributed by atoms with Gasteiger partial charge in [0.05, 0.1) is 6.04 Å². The number of aryl methyl sites for hydroxylation is 3. The van der Waals surface area contributed by atoms with Gasteiger partial charge in [0.1, 0.15) is 10.6 Å². The Labute approximate surface area is 190 Å². The van der Waals surface area contributed by atoms with Crippen LogP contribution in [0.5, 0.6) is 5.75 Å². The largest absolute Gasteiger partial charge is 0.508 e. The summed E-state index contributed by atoms with van der Waals surface area (Å²) in [4.78, 5) is 25.4. The quantitative estimate of drug-likeness (QED) is 0.375. The first kappa shape index (κ1) is 23.9. The van der Waals surface area contributed by atoms with Crippen molar-refractivity contribution in [3.05, 3.63) is 63.4 Å². The number of likely N-dealkylation sites (tertiary alicyclic amines) is 1. The normalized spacial score (nSPS) is 18.0. The van der Waals surface area contributed by atoms with Crippen molar-refractivity contribution in [3.63, 3.8) is 0 Å². The van der Waals surface area contributed by atoms with Crippen molar-refractivity contribution in [3.8, 4) is 5.75 Å². The number of carboxylic acids is 1. The molecule has 1 fully saturated rings. The summed E-state index contributed by atoms with van der Waals surface area (Å²) in [5, 5.41) is 18.8. The number of nitrogens with zero attached hydrogens (tertiary/aromatic N) is 1. The Morgan fingerprint density at radius 1 is 1.25 bits per heavy atom. The summed E-state index contributed by atoms with van der Waals surface area (Å²) >= 11 is 1.16. The lowest BCUT2D eigenvalue weighted by Gasteiger charge is -2.21. The number of phenols is 1. The van der Waals surface area contributed by atoms with Gasteiger partial charge in [-0.25, -0.2) is 4.79 Å². The third-order valence-electron chi connectivity index (χ3n) is 5.60. The highest BCUT2D eigenvalue weighted by molar-refractivity contribution is 7.13. The highest BCUT2D eigenvalue weighted by Gasteiger charge is 2.52. The van der Waals surface area contributed by atoms with Crippen LogP contribution in [0.1, 0.15) is 51.4 Å². The van der Waals surface area contributed by atoms with Crippen LogP contribution < -0.4 is 0 Å². The number of amides is 1. The molecule has 1 aromatic carbocycles. The fourth-order valence-corrected chi connectivity index (χ4v) is 4.69. The number of thiophene rings is 1. The van der Waals surface area contributed by atoms with E-state index in [1.165, 1.54) is 11.0 Å². The predicted molar refractivity (Wildman–Crippen MR) is 120 cm³/mol. The van der Waals surface area contributed by atoms with Gasteiger partial charge >= 0.3 is 11.9 Å².